The van der Waals surface area contributed by atoms with Gasteiger partial charge in [-0.1, -0.05) is 90.0 Å². The molecule has 2 N–H and O–H groups in total. The lowest BCUT2D eigenvalue weighted by molar-refractivity contribution is -0.138. The Hall–Kier alpha value is -6.26. The van der Waals surface area contributed by atoms with Crippen molar-refractivity contribution >= 4 is 51.5 Å². The molecule has 6 atom stereocenters. The molecular formula is C47H42N4O6. The Labute approximate surface area is 330 Å². The third-order valence-electron chi connectivity index (χ3n) is 13.1. The summed E-state index contributed by atoms with van der Waals surface area (Å²) in [5.41, 5.74) is 6.76. The van der Waals surface area contributed by atoms with E-state index in [2.05, 4.69) is 10.3 Å². The Morgan fingerprint density at radius 1 is 0.737 bits per heavy atom. The van der Waals surface area contributed by atoms with Crippen LogP contribution in [0.5, 0.6) is 5.75 Å². The molecule has 0 bridgehead atoms. The molecule has 0 radical (unpaired) electrons. The highest BCUT2D eigenvalue weighted by molar-refractivity contribution is 6.22. The Balaban J connectivity index is 1.13. The van der Waals surface area contributed by atoms with Crippen LogP contribution < -0.4 is 15.2 Å². The molecule has 0 unspecified atom stereocenters. The lowest BCUT2D eigenvalue weighted by atomic mass is 9.48. The molecule has 5 aromatic rings. The first-order chi connectivity index (χ1) is 27.8. The second kappa shape index (κ2) is 13.4. The number of carbonyl (C=O) groups excluding carboxylic acids is 4. The van der Waals surface area contributed by atoms with Gasteiger partial charge in [0.15, 0.2) is 0 Å². The molecule has 10 rings (SSSR count). The minimum atomic E-state index is -1.49. The van der Waals surface area contributed by atoms with Gasteiger partial charge in [-0.25, -0.2) is 0 Å². The lowest BCUT2D eigenvalue weighted by Gasteiger charge is -2.51. The van der Waals surface area contributed by atoms with E-state index in [4.69, 9.17) is 4.74 Å². The number of nitrogens with one attached hydrogen (secondary N) is 1. The van der Waals surface area contributed by atoms with Gasteiger partial charge in [0.1, 0.15) is 5.75 Å². The number of phenolic OH excluding ortho intramolecular Hbond substituents is 1. The molecule has 4 amide bonds. The van der Waals surface area contributed by atoms with E-state index < -0.39 is 46.8 Å². The van der Waals surface area contributed by atoms with E-state index >= 15 is 9.59 Å². The summed E-state index contributed by atoms with van der Waals surface area (Å²) in [4.78, 5) is 63.4. The van der Waals surface area contributed by atoms with Crippen LogP contribution in [0.15, 0.2) is 127 Å². The van der Waals surface area contributed by atoms with E-state index in [1.54, 1.807) is 6.07 Å². The summed E-state index contributed by atoms with van der Waals surface area (Å²) < 4.78 is 5.52. The molecule has 4 fully saturated rings. The lowest BCUT2D eigenvalue weighted by Crippen LogP contribution is -2.53. The number of hydrogen-bond donors (Lipinski definition) is 2. The van der Waals surface area contributed by atoms with Gasteiger partial charge in [0.05, 0.1) is 47.8 Å². The van der Waals surface area contributed by atoms with Crippen molar-refractivity contribution in [2.45, 2.75) is 31.1 Å². The van der Waals surface area contributed by atoms with Crippen molar-refractivity contribution in [2.24, 2.45) is 23.7 Å². The maximum absolute atomic E-state index is 15.6. The van der Waals surface area contributed by atoms with Crippen LogP contribution in [0.2, 0.25) is 0 Å². The number of phenols is 1. The topological polar surface area (TPSA) is 119 Å². The van der Waals surface area contributed by atoms with Gasteiger partial charge >= 0.3 is 0 Å². The van der Waals surface area contributed by atoms with Gasteiger partial charge in [-0.3, -0.25) is 29.5 Å². The number of rotatable bonds is 6. The minimum Gasteiger partial charge on any atom is -0.508 e. The number of anilines is 3. The van der Waals surface area contributed by atoms with Gasteiger partial charge < -0.3 is 14.7 Å². The van der Waals surface area contributed by atoms with Crippen LogP contribution in [0.3, 0.4) is 0 Å². The number of carbonyl (C=O) groups is 4. The first-order valence-electron chi connectivity index (χ1n) is 19.8. The summed E-state index contributed by atoms with van der Waals surface area (Å²) in [6, 6.07) is 35.7. The zero-order chi connectivity index (χ0) is 39.0. The molecule has 3 aliphatic heterocycles. The number of ether oxygens (including phenoxy) is 1. The standard InChI is InChI=1S/C47H42N4O6/c1-28-11-14-31(15-12-28)48-51-44(54)38-27-37-35(20-21-36-40(37)45(55)50(43(36)53)33-18-16-32(17-19-33)49-23-25-57-26-24-49)42(47(38,46(51)56)30-8-3-2-4-9-30)41-34-10-6-5-7-29(34)13-22-39(41)52/h2-20,22,36-38,40,42,48,52H,21,23-27H2,1H3/t36-,37+,38-,40-,42+,47+/m0/s1. The Morgan fingerprint density at radius 3 is 2.19 bits per heavy atom. The number of fused-ring (bicyclic) bond motifs is 5. The summed E-state index contributed by atoms with van der Waals surface area (Å²) in [7, 11) is 0. The largest absolute Gasteiger partial charge is 0.508 e. The van der Waals surface area contributed by atoms with Crippen molar-refractivity contribution in [2.75, 3.05) is 41.5 Å². The summed E-state index contributed by atoms with van der Waals surface area (Å²) in [5, 5.41) is 14.8. The highest BCUT2D eigenvalue weighted by Gasteiger charge is 2.70. The van der Waals surface area contributed by atoms with Gasteiger partial charge in [0.2, 0.25) is 11.8 Å². The number of nitrogens with zero attached hydrogens (tertiary/aromatic N) is 3. The molecule has 3 saturated heterocycles. The van der Waals surface area contributed by atoms with Crippen molar-refractivity contribution in [1.82, 2.24) is 5.01 Å². The zero-order valence-corrected chi connectivity index (χ0v) is 31.5. The molecular weight excluding hydrogens is 717 g/mol. The van der Waals surface area contributed by atoms with Crippen molar-refractivity contribution < 1.29 is 29.0 Å². The molecule has 3 heterocycles. The number of aromatic hydroxyl groups is 1. The van der Waals surface area contributed by atoms with Crippen LogP contribution >= 0.6 is 0 Å². The fraction of sp³-hybridized carbons (Fsp3) is 0.277. The molecule has 1 saturated carbocycles. The molecule has 57 heavy (non-hydrogen) atoms. The number of amides is 4. The van der Waals surface area contributed by atoms with Gasteiger partial charge in [-0.05, 0) is 84.5 Å². The van der Waals surface area contributed by atoms with Crippen LogP contribution in [-0.2, 0) is 29.3 Å². The second-order valence-corrected chi connectivity index (χ2v) is 15.9. The number of morpholine rings is 1. The molecule has 0 aromatic heterocycles. The Kier molecular flexibility index (Phi) is 8.30. The van der Waals surface area contributed by atoms with E-state index in [-0.39, 0.29) is 30.4 Å². The SMILES string of the molecule is Cc1ccc(NN2C(=O)[C@@H]3C[C@@H]4C(=CC[C@@H]5C(=O)N(c6ccc(N7CCOCC7)cc6)C(=O)[C@@H]54)[C@H](c4c(O)ccc5ccccc45)[C@]3(c3ccccc3)C2=O)cc1. The summed E-state index contributed by atoms with van der Waals surface area (Å²) in [6.07, 6.45) is 2.49. The molecule has 0 spiro atoms. The van der Waals surface area contributed by atoms with Gasteiger partial charge in [-0.15, -0.1) is 0 Å². The first-order valence-corrected chi connectivity index (χ1v) is 19.8. The van der Waals surface area contributed by atoms with Crippen LogP contribution in [-0.4, -0.2) is 60.0 Å². The maximum Gasteiger partial charge on any atom is 0.260 e. The van der Waals surface area contributed by atoms with Crippen molar-refractivity contribution in [3.63, 3.8) is 0 Å². The molecule has 5 aliphatic rings. The third kappa shape index (κ3) is 5.26. The average molecular weight is 759 g/mol. The summed E-state index contributed by atoms with van der Waals surface area (Å²) >= 11 is 0. The van der Waals surface area contributed by atoms with Crippen molar-refractivity contribution in [3.8, 4) is 5.75 Å². The molecule has 10 nitrogen and oxygen atoms in total. The predicted molar refractivity (Wildman–Crippen MR) is 216 cm³/mol. The highest BCUT2D eigenvalue weighted by atomic mass is 16.5. The normalized spacial score (nSPS) is 27.0. The molecule has 5 aromatic carbocycles. The zero-order valence-electron chi connectivity index (χ0n) is 31.5. The predicted octanol–water partition coefficient (Wildman–Crippen LogP) is 6.88. The monoisotopic (exact) mass is 758 g/mol. The van der Waals surface area contributed by atoms with Gasteiger partial charge in [-0.2, -0.15) is 5.01 Å². The minimum absolute atomic E-state index is 0.00238. The van der Waals surface area contributed by atoms with E-state index in [1.807, 2.05) is 122 Å². The summed E-state index contributed by atoms with van der Waals surface area (Å²) in [5.74, 6) is -5.14. The van der Waals surface area contributed by atoms with Crippen molar-refractivity contribution in [3.05, 3.63) is 144 Å². The van der Waals surface area contributed by atoms with E-state index in [1.165, 1.54) is 4.90 Å². The number of aryl methyl sites for hydroxylation is 1. The maximum atomic E-state index is 15.6. The molecule has 286 valence electrons. The Bertz CT molecular complexity index is 2480. The number of allylic oxidation sites excluding steroid dienone is 2. The molecule has 10 heteroatoms. The average Bonchev–Trinajstić information content (AvgIpc) is 3.63. The van der Waals surface area contributed by atoms with E-state index in [9.17, 15) is 14.7 Å². The van der Waals surface area contributed by atoms with Crippen molar-refractivity contribution in [1.29, 1.82) is 0 Å². The number of benzene rings is 5. The third-order valence-corrected chi connectivity index (χ3v) is 13.1. The number of hydrazine groups is 1. The quantitative estimate of drug-likeness (QED) is 0.142. The van der Waals surface area contributed by atoms with Crippen LogP contribution in [0.1, 0.15) is 35.4 Å². The Morgan fingerprint density at radius 2 is 1.44 bits per heavy atom. The van der Waals surface area contributed by atoms with Crippen LogP contribution in [0.4, 0.5) is 17.1 Å². The summed E-state index contributed by atoms with van der Waals surface area (Å²) in [6.45, 7) is 4.78. The first kappa shape index (κ1) is 35.2. The number of hydrogen-bond acceptors (Lipinski definition) is 8. The fourth-order valence-electron chi connectivity index (χ4n) is 10.5. The smallest absolute Gasteiger partial charge is 0.260 e. The highest BCUT2D eigenvalue weighted by Crippen LogP contribution is 2.65. The van der Waals surface area contributed by atoms with Gasteiger partial charge in [0, 0.05) is 30.3 Å². The number of imide groups is 2. The van der Waals surface area contributed by atoms with E-state index in [0.29, 0.717) is 35.7 Å². The second-order valence-electron chi connectivity index (χ2n) is 15.9. The molecule has 2 aliphatic carbocycles. The van der Waals surface area contributed by atoms with E-state index in [0.717, 1.165) is 45.7 Å². The van der Waals surface area contributed by atoms with Crippen LogP contribution in [0.25, 0.3) is 10.8 Å². The fourth-order valence-corrected chi connectivity index (χ4v) is 10.5. The van der Waals surface area contributed by atoms with Gasteiger partial charge in [0.25, 0.3) is 11.8 Å². The van der Waals surface area contributed by atoms with Crippen LogP contribution in [0, 0.1) is 30.6 Å².